The van der Waals surface area contributed by atoms with Crippen LogP contribution in [0.4, 0.5) is 0 Å². The van der Waals surface area contributed by atoms with Crippen LogP contribution in [0, 0.1) is 0 Å². The molecule has 1 nitrogen and oxygen atoms in total. The molecule has 0 fully saturated rings. The van der Waals surface area contributed by atoms with Gasteiger partial charge in [0, 0.05) is 27.0 Å². The van der Waals surface area contributed by atoms with Gasteiger partial charge < -0.3 is 4.57 Å². The Labute approximate surface area is 213 Å². The van der Waals surface area contributed by atoms with Gasteiger partial charge in [0.2, 0.25) is 0 Å². The number of halogens is 1. The van der Waals surface area contributed by atoms with E-state index < -0.39 is 0 Å². The number of benzene rings is 5. The molecule has 0 saturated carbocycles. The average Bonchev–Trinajstić information content (AvgIpc) is 3.26. The van der Waals surface area contributed by atoms with Gasteiger partial charge in [0.1, 0.15) is 23.5 Å². The van der Waals surface area contributed by atoms with E-state index in [0.717, 1.165) is 49.7 Å². The number of aromatic nitrogens is 1. The van der Waals surface area contributed by atoms with Crippen LogP contribution >= 0.6 is 11.6 Å². The Morgan fingerprint density at radius 3 is 1.71 bits per heavy atom. The Morgan fingerprint density at radius 1 is 0.543 bits per heavy atom. The molecule has 6 aromatic rings. The summed E-state index contributed by atoms with van der Waals surface area (Å²) in [6.07, 6.45) is 0. The summed E-state index contributed by atoms with van der Waals surface area (Å²) in [6.45, 7) is 0. The Hall–Kier alpha value is -3.62. The fourth-order valence-corrected chi connectivity index (χ4v) is 5.02. The van der Waals surface area contributed by atoms with E-state index in [0.29, 0.717) is 21.4 Å². The van der Waals surface area contributed by atoms with E-state index in [9.17, 15) is 0 Å². The maximum atomic E-state index is 6.57. The van der Waals surface area contributed by atoms with Gasteiger partial charge >= 0.3 is 0 Å². The van der Waals surface area contributed by atoms with Gasteiger partial charge in [0.25, 0.3) is 0 Å². The van der Waals surface area contributed by atoms with Gasteiger partial charge in [-0.2, -0.15) is 0 Å². The third-order valence-electron chi connectivity index (χ3n) is 6.60. The number of nitrogens with zero attached hydrogens (tertiary/aromatic N) is 1. The molecular weight excluding hydrogens is 442 g/mol. The zero-order valence-corrected chi connectivity index (χ0v) is 19.6. The van der Waals surface area contributed by atoms with Crippen LogP contribution < -0.4 is 16.4 Å². The van der Waals surface area contributed by atoms with Crippen molar-refractivity contribution in [1.82, 2.24) is 4.57 Å². The van der Waals surface area contributed by atoms with Crippen molar-refractivity contribution >= 4 is 73.3 Å². The maximum absolute atomic E-state index is 6.57. The maximum Gasteiger partial charge on any atom is 0.116 e. The zero-order valence-electron chi connectivity index (χ0n) is 18.9. The van der Waals surface area contributed by atoms with Gasteiger partial charge in [-0.05, 0) is 40.5 Å². The van der Waals surface area contributed by atoms with Crippen molar-refractivity contribution < 1.29 is 0 Å². The minimum Gasteiger partial charge on any atom is -0.310 e. The van der Waals surface area contributed by atoms with Crippen LogP contribution in [0.3, 0.4) is 0 Å². The van der Waals surface area contributed by atoms with Crippen LogP contribution in [0.5, 0.6) is 0 Å². The summed E-state index contributed by atoms with van der Waals surface area (Å²) in [4.78, 5) is 0. The predicted molar refractivity (Wildman–Crippen MR) is 153 cm³/mol. The van der Waals surface area contributed by atoms with Gasteiger partial charge in [0.05, 0.1) is 5.52 Å². The van der Waals surface area contributed by atoms with Crippen LogP contribution in [0.15, 0.2) is 103 Å². The molecule has 0 bridgehead atoms. The molecule has 1 heterocycles. The first-order valence-electron chi connectivity index (χ1n) is 11.4. The second-order valence-electron chi connectivity index (χ2n) is 8.62. The summed E-state index contributed by atoms with van der Waals surface area (Å²) in [5.74, 6) is 0. The van der Waals surface area contributed by atoms with Gasteiger partial charge in [0.15, 0.2) is 0 Å². The molecule has 0 spiro atoms. The SMILES string of the molecule is [B]c1c(Cl)c([B])c2c3ccc(-c4ccccc4)cc3n(-c3ccc(-c4ccccc4)cc3)c2c1[B]. The van der Waals surface area contributed by atoms with E-state index in [1.807, 2.05) is 36.4 Å². The predicted octanol–water partition coefficient (Wildman–Crippen LogP) is 5.15. The van der Waals surface area contributed by atoms with Crippen molar-refractivity contribution in [2.75, 3.05) is 0 Å². The third kappa shape index (κ3) is 3.52. The van der Waals surface area contributed by atoms with E-state index in [2.05, 4.69) is 71.3 Å². The van der Waals surface area contributed by atoms with E-state index >= 15 is 0 Å². The topological polar surface area (TPSA) is 4.93 Å². The molecule has 0 N–H and O–H groups in total. The van der Waals surface area contributed by atoms with Gasteiger partial charge in [-0.1, -0.05) is 113 Å². The molecule has 6 rings (SSSR count). The van der Waals surface area contributed by atoms with Crippen LogP contribution in [0.2, 0.25) is 5.02 Å². The number of hydrogen-bond acceptors (Lipinski definition) is 0. The highest BCUT2D eigenvalue weighted by Crippen LogP contribution is 2.34. The molecule has 0 saturated heterocycles. The van der Waals surface area contributed by atoms with Crippen molar-refractivity contribution in [3.63, 3.8) is 0 Å². The standard InChI is InChI=1S/C30H17B3ClN/c31-26-25-23-16-13-21(19-9-5-2-6-10-19)17-24(23)35(30(25)28(33)27(32)29(26)34)22-14-11-20(12-15-22)18-7-3-1-4-8-18/h1-17H. The smallest absolute Gasteiger partial charge is 0.116 e. The summed E-state index contributed by atoms with van der Waals surface area (Å²) >= 11 is 6.49. The van der Waals surface area contributed by atoms with Crippen LogP contribution in [-0.2, 0) is 0 Å². The molecule has 1 aromatic heterocycles. The normalized spacial score (nSPS) is 11.3. The Kier molecular flexibility index (Phi) is 5.35. The molecule has 0 amide bonds. The van der Waals surface area contributed by atoms with E-state index in [1.54, 1.807) is 0 Å². The molecule has 158 valence electrons. The monoisotopic (exact) mass is 459 g/mol. The van der Waals surface area contributed by atoms with Crippen molar-refractivity contribution in [3.8, 4) is 27.9 Å². The molecule has 0 atom stereocenters. The second-order valence-corrected chi connectivity index (χ2v) is 9.00. The Morgan fingerprint density at radius 2 is 1.09 bits per heavy atom. The highest BCUT2D eigenvalue weighted by molar-refractivity contribution is 6.64. The van der Waals surface area contributed by atoms with Gasteiger partial charge in [-0.3, -0.25) is 0 Å². The first-order chi connectivity index (χ1) is 17.0. The summed E-state index contributed by atoms with van der Waals surface area (Å²) in [5, 5.41) is 2.07. The van der Waals surface area contributed by atoms with Crippen molar-refractivity contribution in [3.05, 3.63) is 108 Å². The average molecular weight is 459 g/mol. The highest BCUT2D eigenvalue weighted by Gasteiger charge is 2.20. The molecule has 0 aliphatic heterocycles. The number of fused-ring (bicyclic) bond motifs is 3. The van der Waals surface area contributed by atoms with E-state index in [-0.39, 0.29) is 0 Å². The molecule has 0 aliphatic carbocycles. The Balaban J connectivity index is 1.67. The van der Waals surface area contributed by atoms with Gasteiger partial charge in [-0.15, -0.1) is 0 Å². The number of hydrogen-bond donors (Lipinski definition) is 0. The van der Waals surface area contributed by atoms with Gasteiger partial charge in [-0.25, -0.2) is 0 Å². The summed E-state index contributed by atoms with van der Waals surface area (Å²) in [7, 11) is 19.4. The minimum atomic E-state index is 0.292. The molecular formula is C30H17B3ClN. The lowest BCUT2D eigenvalue weighted by Gasteiger charge is -2.15. The van der Waals surface area contributed by atoms with Crippen molar-refractivity contribution in [2.24, 2.45) is 0 Å². The lowest BCUT2D eigenvalue weighted by atomic mass is 9.74. The fraction of sp³-hybridized carbons (Fsp3) is 0. The minimum absolute atomic E-state index is 0.292. The summed E-state index contributed by atoms with van der Waals surface area (Å²) in [6, 6.07) is 35.3. The third-order valence-corrected chi connectivity index (χ3v) is 7.00. The molecule has 35 heavy (non-hydrogen) atoms. The second kappa shape index (κ2) is 8.55. The van der Waals surface area contributed by atoms with Crippen LogP contribution in [0.25, 0.3) is 49.7 Å². The number of rotatable bonds is 3. The molecule has 5 aromatic carbocycles. The van der Waals surface area contributed by atoms with E-state index in [4.69, 9.17) is 35.1 Å². The molecule has 6 radical (unpaired) electrons. The Bertz CT molecular complexity index is 1710. The first-order valence-corrected chi connectivity index (χ1v) is 11.7. The van der Waals surface area contributed by atoms with Crippen molar-refractivity contribution in [1.29, 1.82) is 0 Å². The first kappa shape index (κ1) is 21.9. The van der Waals surface area contributed by atoms with E-state index in [1.165, 1.54) is 0 Å². The lowest BCUT2D eigenvalue weighted by Crippen LogP contribution is -2.33. The molecule has 0 aliphatic rings. The summed E-state index contributed by atoms with van der Waals surface area (Å²) in [5.41, 5.74) is 8.37. The molecule has 5 heteroatoms. The lowest BCUT2D eigenvalue weighted by molar-refractivity contribution is 1.19. The highest BCUT2D eigenvalue weighted by atomic mass is 35.5. The quantitative estimate of drug-likeness (QED) is 0.323. The largest absolute Gasteiger partial charge is 0.310 e. The van der Waals surface area contributed by atoms with Crippen LogP contribution in [-0.4, -0.2) is 28.1 Å². The molecule has 0 unspecified atom stereocenters. The fourth-order valence-electron chi connectivity index (χ4n) is 4.83. The van der Waals surface area contributed by atoms with Crippen LogP contribution in [0.1, 0.15) is 0 Å². The summed E-state index contributed by atoms with van der Waals surface area (Å²) < 4.78 is 2.13. The van der Waals surface area contributed by atoms with Crippen molar-refractivity contribution in [2.45, 2.75) is 0 Å². The zero-order chi connectivity index (χ0) is 24.1.